The van der Waals surface area contributed by atoms with Gasteiger partial charge in [0.1, 0.15) is 11.9 Å². The zero-order chi connectivity index (χ0) is 13.0. The molecule has 3 nitrogen and oxygen atoms in total. The van der Waals surface area contributed by atoms with E-state index in [1.54, 1.807) is 13.8 Å². The van der Waals surface area contributed by atoms with E-state index in [2.05, 4.69) is 0 Å². The summed E-state index contributed by atoms with van der Waals surface area (Å²) in [4.78, 5) is 11.6. The molecule has 0 saturated carbocycles. The van der Waals surface area contributed by atoms with Crippen LogP contribution >= 0.6 is 0 Å². The number of benzene rings is 1. The quantitative estimate of drug-likeness (QED) is 0.606. The normalized spacial score (nSPS) is 21.3. The Labute approximate surface area is 107 Å². The minimum absolute atomic E-state index is 0.0607. The van der Waals surface area contributed by atoms with Crippen LogP contribution in [0.15, 0.2) is 41.7 Å². The van der Waals surface area contributed by atoms with Crippen molar-refractivity contribution in [2.75, 3.05) is 6.61 Å². The second-order valence-electron chi connectivity index (χ2n) is 4.32. The van der Waals surface area contributed by atoms with Crippen molar-refractivity contribution >= 4 is 5.97 Å². The Morgan fingerprint density at radius 3 is 2.78 bits per heavy atom. The lowest BCUT2D eigenvalue weighted by atomic mass is 10.1. The molecule has 18 heavy (non-hydrogen) atoms. The highest BCUT2D eigenvalue weighted by Crippen LogP contribution is 2.36. The first-order valence-electron chi connectivity index (χ1n) is 6.31. The molecule has 0 bridgehead atoms. The van der Waals surface area contributed by atoms with Crippen LogP contribution in [0.5, 0.6) is 0 Å². The monoisotopic (exact) mass is 246 g/mol. The van der Waals surface area contributed by atoms with Crippen molar-refractivity contribution in [1.29, 1.82) is 0 Å². The summed E-state index contributed by atoms with van der Waals surface area (Å²) in [5, 5.41) is 0. The molecule has 1 saturated heterocycles. The fourth-order valence-electron chi connectivity index (χ4n) is 2.08. The summed E-state index contributed by atoms with van der Waals surface area (Å²) in [6, 6.07) is 10.1. The van der Waals surface area contributed by atoms with Crippen LogP contribution in [0.3, 0.4) is 0 Å². The zero-order valence-electron chi connectivity index (χ0n) is 10.8. The van der Waals surface area contributed by atoms with Gasteiger partial charge in [-0.05, 0) is 25.8 Å². The lowest BCUT2D eigenvalue weighted by Gasteiger charge is -2.12. The Balaban J connectivity index is 2.08. The molecule has 0 N–H and O–H groups in total. The molecule has 0 aromatic heterocycles. The number of hydrogen-bond acceptors (Lipinski definition) is 3. The molecule has 1 atom stereocenters. The third-order valence-corrected chi connectivity index (χ3v) is 3.09. The molecule has 96 valence electrons. The number of ether oxygens (including phenoxy) is 2. The van der Waals surface area contributed by atoms with Gasteiger partial charge >= 0.3 is 5.97 Å². The Hall–Kier alpha value is -1.77. The van der Waals surface area contributed by atoms with Crippen molar-refractivity contribution in [2.24, 2.45) is 0 Å². The van der Waals surface area contributed by atoms with Gasteiger partial charge in [-0.3, -0.25) is 0 Å². The maximum absolute atomic E-state index is 11.6. The fraction of sp³-hybridized carbons (Fsp3) is 0.400. The molecule has 1 unspecified atom stereocenters. The van der Waals surface area contributed by atoms with E-state index < -0.39 is 0 Å². The summed E-state index contributed by atoms with van der Waals surface area (Å²) in [6.07, 6.45) is 1.77. The summed E-state index contributed by atoms with van der Waals surface area (Å²) in [6.45, 7) is 3.96. The topological polar surface area (TPSA) is 35.5 Å². The van der Waals surface area contributed by atoms with E-state index in [-0.39, 0.29) is 12.1 Å². The third kappa shape index (κ3) is 2.73. The lowest BCUT2D eigenvalue weighted by Crippen LogP contribution is -2.07. The van der Waals surface area contributed by atoms with Crippen LogP contribution in [0.2, 0.25) is 0 Å². The van der Waals surface area contributed by atoms with Crippen LogP contribution in [0.1, 0.15) is 38.4 Å². The molecule has 1 aliphatic heterocycles. The summed E-state index contributed by atoms with van der Waals surface area (Å²) in [7, 11) is 0. The summed E-state index contributed by atoms with van der Waals surface area (Å²) < 4.78 is 10.8. The minimum atomic E-state index is -0.277. The van der Waals surface area contributed by atoms with Gasteiger partial charge in [0.05, 0.1) is 12.2 Å². The molecule has 3 heteroatoms. The first-order chi connectivity index (χ1) is 8.72. The van der Waals surface area contributed by atoms with E-state index in [1.807, 2.05) is 30.3 Å². The van der Waals surface area contributed by atoms with Gasteiger partial charge in [0, 0.05) is 6.42 Å². The first-order valence-corrected chi connectivity index (χ1v) is 6.31. The number of esters is 1. The molecule has 1 aliphatic rings. The average Bonchev–Trinajstić information content (AvgIpc) is 2.89. The second kappa shape index (κ2) is 5.71. The predicted molar refractivity (Wildman–Crippen MR) is 68.8 cm³/mol. The molecule has 0 aliphatic carbocycles. The van der Waals surface area contributed by atoms with Gasteiger partial charge in [0.15, 0.2) is 0 Å². The number of carbonyl (C=O) groups excluding carboxylic acids is 1. The highest BCUT2D eigenvalue weighted by Gasteiger charge is 2.25. The van der Waals surface area contributed by atoms with E-state index in [9.17, 15) is 4.79 Å². The van der Waals surface area contributed by atoms with Crippen LogP contribution in [0.25, 0.3) is 0 Å². The van der Waals surface area contributed by atoms with Gasteiger partial charge in [-0.15, -0.1) is 0 Å². The second-order valence-corrected chi connectivity index (χ2v) is 4.32. The molecule has 0 amide bonds. The third-order valence-electron chi connectivity index (χ3n) is 3.09. The van der Waals surface area contributed by atoms with Crippen molar-refractivity contribution < 1.29 is 14.3 Å². The van der Waals surface area contributed by atoms with Crippen molar-refractivity contribution in [2.45, 2.75) is 32.8 Å². The van der Waals surface area contributed by atoms with E-state index in [1.165, 1.54) is 0 Å². The molecular weight excluding hydrogens is 228 g/mol. The molecule has 2 rings (SSSR count). The summed E-state index contributed by atoms with van der Waals surface area (Å²) >= 11 is 0. The predicted octanol–water partition coefficient (Wildman–Crippen LogP) is 3.38. The highest BCUT2D eigenvalue weighted by atomic mass is 16.5. The summed E-state index contributed by atoms with van der Waals surface area (Å²) in [5.41, 5.74) is 1.75. The van der Waals surface area contributed by atoms with E-state index in [4.69, 9.17) is 9.47 Å². The zero-order valence-corrected chi connectivity index (χ0v) is 10.8. The van der Waals surface area contributed by atoms with Crippen LogP contribution in [0.4, 0.5) is 0 Å². The number of hydrogen-bond donors (Lipinski definition) is 0. The average molecular weight is 246 g/mol. The van der Waals surface area contributed by atoms with Crippen LogP contribution in [-0.2, 0) is 14.3 Å². The Morgan fingerprint density at radius 2 is 2.11 bits per heavy atom. The molecule has 1 fully saturated rings. The van der Waals surface area contributed by atoms with Crippen molar-refractivity contribution in [3.63, 3.8) is 0 Å². The maximum atomic E-state index is 11.6. The van der Waals surface area contributed by atoms with Crippen LogP contribution < -0.4 is 0 Å². The fourth-order valence-corrected chi connectivity index (χ4v) is 2.08. The van der Waals surface area contributed by atoms with Crippen LogP contribution in [0, 0.1) is 0 Å². The molecule has 1 aromatic carbocycles. The standard InChI is InChI=1S/C15H18O3/c1-3-17-15(16)11(2)13-9-10-14(18-13)12-7-5-4-6-8-12/h4-8,14H,3,9-10H2,1-2H3/b13-11+. The summed E-state index contributed by atoms with van der Waals surface area (Å²) in [5.74, 6) is 0.489. The van der Waals surface area contributed by atoms with Gasteiger partial charge in [0.2, 0.25) is 0 Å². The van der Waals surface area contributed by atoms with Gasteiger partial charge < -0.3 is 9.47 Å². The van der Waals surface area contributed by atoms with Crippen LogP contribution in [-0.4, -0.2) is 12.6 Å². The van der Waals surface area contributed by atoms with Gasteiger partial charge in [0.25, 0.3) is 0 Å². The van der Waals surface area contributed by atoms with E-state index in [0.29, 0.717) is 12.2 Å². The number of allylic oxidation sites excluding steroid dienone is 1. The van der Waals surface area contributed by atoms with Gasteiger partial charge in [-0.25, -0.2) is 4.79 Å². The lowest BCUT2D eigenvalue weighted by molar-refractivity contribution is -0.138. The molecule has 1 aromatic rings. The molecule has 0 spiro atoms. The number of rotatable bonds is 3. The maximum Gasteiger partial charge on any atom is 0.337 e. The Kier molecular flexibility index (Phi) is 4.03. The largest absolute Gasteiger partial charge is 0.490 e. The minimum Gasteiger partial charge on any atom is -0.490 e. The van der Waals surface area contributed by atoms with Crippen molar-refractivity contribution in [1.82, 2.24) is 0 Å². The Morgan fingerprint density at radius 1 is 1.39 bits per heavy atom. The molecule has 1 heterocycles. The van der Waals surface area contributed by atoms with Crippen molar-refractivity contribution in [3.8, 4) is 0 Å². The first kappa shape index (κ1) is 12.7. The van der Waals surface area contributed by atoms with Gasteiger partial charge in [-0.2, -0.15) is 0 Å². The molecular formula is C15H18O3. The van der Waals surface area contributed by atoms with E-state index in [0.717, 1.165) is 24.2 Å². The molecule has 0 radical (unpaired) electrons. The SMILES string of the molecule is CCOC(=O)/C(C)=C1\CCC(c2ccccc2)O1. The van der Waals surface area contributed by atoms with E-state index >= 15 is 0 Å². The van der Waals surface area contributed by atoms with Gasteiger partial charge in [-0.1, -0.05) is 30.3 Å². The Bertz CT molecular complexity index is 448. The smallest absolute Gasteiger partial charge is 0.337 e. The number of carbonyl (C=O) groups is 1. The highest BCUT2D eigenvalue weighted by molar-refractivity contribution is 5.88. The van der Waals surface area contributed by atoms with Crippen molar-refractivity contribution in [3.05, 3.63) is 47.2 Å².